The van der Waals surface area contributed by atoms with Gasteiger partial charge < -0.3 is 19.4 Å². The highest BCUT2D eigenvalue weighted by Crippen LogP contribution is 2.21. The standard InChI is InChI=1S/C20H22N2O5/c1-2-26-20(25)15-5-7-16(8-6-15)21-18(23)14-9-11-22(12-10-14)19(24)17-4-3-13-27-17/h3-8,13-14H,2,9-12H2,1H3,(H,21,23). The highest BCUT2D eigenvalue weighted by Gasteiger charge is 2.28. The number of amides is 2. The van der Waals surface area contributed by atoms with Crippen LogP contribution in [-0.4, -0.2) is 42.4 Å². The fourth-order valence-electron chi connectivity index (χ4n) is 3.05. The van der Waals surface area contributed by atoms with Crippen LogP contribution in [0.15, 0.2) is 47.1 Å². The number of piperidine rings is 1. The number of nitrogens with zero attached hydrogens (tertiary/aromatic N) is 1. The molecule has 0 saturated carbocycles. The zero-order valence-electron chi connectivity index (χ0n) is 15.1. The van der Waals surface area contributed by atoms with E-state index in [1.54, 1.807) is 48.2 Å². The van der Waals surface area contributed by atoms with Crippen molar-refractivity contribution in [1.29, 1.82) is 0 Å². The fraction of sp³-hybridized carbons (Fsp3) is 0.350. The Morgan fingerprint density at radius 2 is 1.85 bits per heavy atom. The first-order valence-electron chi connectivity index (χ1n) is 8.99. The molecule has 0 spiro atoms. The molecule has 7 heteroatoms. The van der Waals surface area contributed by atoms with E-state index in [4.69, 9.17) is 9.15 Å². The monoisotopic (exact) mass is 370 g/mol. The van der Waals surface area contributed by atoms with Crippen LogP contribution in [0.2, 0.25) is 0 Å². The molecular formula is C20H22N2O5. The van der Waals surface area contributed by atoms with E-state index in [9.17, 15) is 14.4 Å². The van der Waals surface area contributed by atoms with Crippen molar-refractivity contribution in [2.45, 2.75) is 19.8 Å². The first kappa shape index (κ1) is 18.7. The molecule has 0 bridgehead atoms. The van der Waals surface area contributed by atoms with E-state index in [2.05, 4.69) is 5.32 Å². The zero-order valence-corrected chi connectivity index (χ0v) is 15.1. The quantitative estimate of drug-likeness (QED) is 0.818. The average molecular weight is 370 g/mol. The normalized spacial score (nSPS) is 14.6. The van der Waals surface area contributed by atoms with Gasteiger partial charge in [-0.1, -0.05) is 0 Å². The van der Waals surface area contributed by atoms with E-state index in [0.717, 1.165) is 0 Å². The summed E-state index contributed by atoms with van der Waals surface area (Å²) in [5, 5.41) is 2.87. The molecule has 1 N–H and O–H groups in total. The molecule has 1 aliphatic rings. The third kappa shape index (κ3) is 4.55. The van der Waals surface area contributed by atoms with Crippen LogP contribution >= 0.6 is 0 Å². The summed E-state index contributed by atoms with van der Waals surface area (Å²) in [7, 11) is 0. The molecule has 0 unspecified atom stereocenters. The number of esters is 1. The zero-order chi connectivity index (χ0) is 19.2. The third-order valence-corrected chi connectivity index (χ3v) is 4.55. The number of hydrogen-bond acceptors (Lipinski definition) is 5. The Labute approximate surface area is 157 Å². The van der Waals surface area contributed by atoms with Crippen molar-refractivity contribution in [2.75, 3.05) is 25.0 Å². The van der Waals surface area contributed by atoms with Crippen LogP contribution in [0.5, 0.6) is 0 Å². The Morgan fingerprint density at radius 1 is 1.15 bits per heavy atom. The maximum Gasteiger partial charge on any atom is 0.338 e. The van der Waals surface area contributed by atoms with Gasteiger partial charge in [0.1, 0.15) is 0 Å². The van der Waals surface area contributed by atoms with Crippen LogP contribution in [0.4, 0.5) is 5.69 Å². The molecule has 7 nitrogen and oxygen atoms in total. The molecule has 142 valence electrons. The number of carbonyl (C=O) groups is 3. The first-order valence-corrected chi connectivity index (χ1v) is 8.99. The Kier molecular flexibility index (Phi) is 5.90. The van der Waals surface area contributed by atoms with E-state index in [-0.39, 0.29) is 23.7 Å². The average Bonchev–Trinajstić information content (AvgIpc) is 3.23. The summed E-state index contributed by atoms with van der Waals surface area (Å²) in [6.45, 7) is 3.09. The van der Waals surface area contributed by atoms with Crippen molar-refractivity contribution in [3.05, 3.63) is 54.0 Å². The number of anilines is 1. The Balaban J connectivity index is 1.51. The van der Waals surface area contributed by atoms with E-state index >= 15 is 0 Å². The molecule has 2 amide bonds. The van der Waals surface area contributed by atoms with Crippen molar-refractivity contribution < 1.29 is 23.5 Å². The van der Waals surface area contributed by atoms with Crippen molar-refractivity contribution in [1.82, 2.24) is 4.90 Å². The fourth-order valence-corrected chi connectivity index (χ4v) is 3.05. The van der Waals surface area contributed by atoms with Crippen LogP contribution < -0.4 is 5.32 Å². The molecular weight excluding hydrogens is 348 g/mol. The molecule has 2 aromatic rings. The van der Waals surface area contributed by atoms with Gasteiger partial charge in [-0.05, 0) is 56.2 Å². The molecule has 0 aliphatic carbocycles. The predicted molar refractivity (Wildman–Crippen MR) is 98.4 cm³/mol. The van der Waals surface area contributed by atoms with Crippen LogP contribution in [0, 0.1) is 5.92 Å². The minimum absolute atomic E-state index is 0.0796. The minimum atomic E-state index is -0.385. The summed E-state index contributed by atoms with van der Waals surface area (Å²) in [6.07, 6.45) is 2.67. The van der Waals surface area contributed by atoms with Crippen molar-refractivity contribution in [3.63, 3.8) is 0 Å². The summed E-state index contributed by atoms with van der Waals surface area (Å²) >= 11 is 0. The lowest BCUT2D eigenvalue weighted by Gasteiger charge is -2.30. The smallest absolute Gasteiger partial charge is 0.338 e. The number of nitrogens with one attached hydrogen (secondary N) is 1. The lowest BCUT2D eigenvalue weighted by molar-refractivity contribution is -0.121. The Bertz CT molecular complexity index is 790. The van der Waals surface area contributed by atoms with Gasteiger partial charge in [-0.3, -0.25) is 9.59 Å². The Morgan fingerprint density at radius 3 is 2.44 bits per heavy atom. The molecule has 2 heterocycles. The molecule has 1 aromatic carbocycles. The first-order chi connectivity index (χ1) is 13.1. The van der Waals surface area contributed by atoms with Gasteiger partial charge in [0.05, 0.1) is 18.4 Å². The summed E-state index contributed by atoms with van der Waals surface area (Å²) < 4.78 is 10.1. The summed E-state index contributed by atoms with van der Waals surface area (Å²) in [5.41, 5.74) is 1.07. The lowest BCUT2D eigenvalue weighted by atomic mass is 9.95. The third-order valence-electron chi connectivity index (χ3n) is 4.55. The van der Waals surface area contributed by atoms with E-state index in [0.29, 0.717) is 49.5 Å². The maximum atomic E-state index is 12.5. The van der Waals surface area contributed by atoms with Crippen LogP contribution in [0.25, 0.3) is 0 Å². The van der Waals surface area contributed by atoms with E-state index < -0.39 is 0 Å². The minimum Gasteiger partial charge on any atom is -0.462 e. The van der Waals surface area contributed by atoms with Crippen LogP contribution in [-0.2, 0) is 9.53 Å². The van der Waals surface area contributed by atoms with Crippen LogP contribution in [0.3, 0.4) is 0 Å². The molecule has 3 rings (SSSR count). The largest absolute Gasteiger partial charge is 0.462 e. The molecule has 1 aromatic heterocycles. The predicted octanol–water partition coefficient (Wildman–Crippen LogP) is 2.95. The number of hydrogen-bond donors (Lipinski definition) is 1. The van der Waals surface area contributed by atoms with Gasteiger partial charge >= 0.3 is 5.97 Å². The topological polar surface area (TPSA) is 88.9 Å². The second kappa shape index (κ2) is 8.53. The van der Waals surface area contributed by atoms with Gasteiger partial charge in [0.2, 0.25) is 5.91 Å². The van der Waals surface area contributed by atoms with Crippen molar-refractivity contribution >= 4 is 23.5 Å². The number of ether oxygens (including phenoxy) is 1. The SMILES string of the molecule is CCOC(=O)c1ccc(NC(=O)C2CCN(C(=O)c3ccco3)CC2)cc1. The van der Waals surface area contributed by atoms with Crippen molar-refractivity contribution in [3.8, 4) is 0 Å². The van der Waals surface area contributed by atoms with E-state index in [1.807, 2.05) is 0 Å². The maximum absolute atomic E-state index is 12.5. The summed E-state index contributed by atoms with van der Waals surface area (Å²) in [5.74, 6) is -0.448. The molecule has 1 aliphatic heterocycles. The van der Waals surface area contributed by atoms with Gasteiger partial charge in [0.15, 0.2) is 5.76 Å². The Hall–Kier alpha value is -3.09. The van der Waals surface area contributed by atoms with Gasteiger partial charge in [-0.15, -0.1) is 0 Å². The highest BCUT2D eigenvalue weighted by atomic mass is 16.5. The van der Waals surface area contributed by atoms with Gasteiger partial charge in [-0.2, -0.15) is 0 Å². The van der Waals surface area contributed by atoms with Crippen LogP contribution in [0.1, 0.15) is 40.7 Å². The summed E-state index contributed by atoms with van der Waals surface area (Å²) in [4.78, 5) is 38.1. The van der Waals surface area contributed by atoms with Gasteiger partial charge in [0, 0.05) is 24.7 Å². The molecule has 1 saturated heterocycles. The molecule has 27 heavy (non-hydrogen) atoms. The molecule has 0 radical (unpaired) electrons. The summed E-state index contributed by atoms with van der Waals surface area (Å²) in [6, 6.07) is 9.93. The van der Waals surface area contributed by atoms with Gasteiger partial charge in [-0.25, -0.2) is 4.79 Å². The number of rotatable bonds is 5. The van der Waals surface area contributed by atoms with Gasteiger partial charge in [0.25, 0.3) is 5.91 Å². The second-order valence-electron chi connectivity index (χ2n) is 6.33. The lowest BCUT2D eigenvalue weighted by Crippen LogP contribution is -2.41. The number of furan rings is 1. The number of benzene rings is 1. The molecule has 1 fully saturated rings. The van der Waals surface area contributed by atoms with E-state index in [1.165, 1.54) is 6.26 Å². The molecule has 0 atom stereocenters. The second-order valence-corrected chi connectivity index (χ2v) is 6.33. The number of carbonyl (C=O) groups excluding carboxylic acids is 3. The number of likely N-dealkylation sites (tertiary alicyclic amines) is 1. The van der Waals surface area contributed by atoms with Crippen molar-refractivity contribution in [2.24, 2.45) is 5.92 Å². The highest BCUT2D eigenvalue weighted by molar-refractivity contribution is 5.95.